The summed E-state index contributed by atoms with van der Waals surface area (Å²) in [5, 5.41) is 5.82. The summed E-state index contributed by atoms with van der Waals surface area (Å²) in [5.74, 6) is 0.257. The zero-order chi connectivity index (χ0) is 18.7. The van der Waals surface area contributed by atoms with Crippen LogP contribution in [0.4, 0.5) is 5.69 Å². The van der Waals surface area contributed by atoms with Crippen molar-refractivity contribution in [3.63, 3.8) is 0 Å². The van der Waals surface area contributed by atoms with E-state index in [1.54, 1.807) is 7.11 Å². The van der Waals surface area contributed by atoms with E-state index >= 15 is 0 Å². The molecule has 1 saturated carbocycles. The quantitative estimate of drug-likeness (QED) is 0.784. The average molecular weight is 352 g/mol. The largest absolute Gasteiger partial charge is 0.496 e. The lowest BCUT2D eigenvalue weighted by atomic mass is 10.0. The molecule has 0 aliphatic heterocycles. The van der Waals surface area contributed by atoms with Crippen molar-refractivity contribution in [2.24, 2.45) is 5.41 Å². The van der Waals surface area contributed by atoms with Gasteiger partial charge in [-0.3, -0.25) is 9.59 Å². The van der Waals surface area contributed by atoms with Crippen LogP contribution in [0.1, 0.15) is 29.5 Å². The van der Waals surface area contributed by atoms with Crippen molar-refractivity contribution >= 4 is 17.5 Å². The topological polar surface area (TPSA) is 67.4 Å². The first-order valence-electron chi connectivity index (χ1n) is 8.75. The Morgan fingerprint density at radius 3 is 2.50 bits per heavy atom. The van der Waals surface area contributed by atoms with Crippen molar-refractivity contribution in [3.8, 4) is 5.75 Å². The van der Waals surface area contributed by atoms with Gasteiger partial charge >= 0.3 is 0 Å². The van der Waals surface area contributed by atoms with E-state index in [0.29, 0.717) is 19.4 Å². The predicted molar refractivity (Wildman–Crippen MR) is 101 cm³/mol. The molecular formula is C21H24N2O3. The number of hydrogen-bond donors (Lipinski definition) is 2. The molecule has 5 heteroatoms. The van der Waals surface area contributed by atoms with E-state index in [1.807, 2.05) is 56.3 Å². The van der Waals surface area contributed by atoms with Crippen molar-refractivity contribution in [3.05, 3.63) is 59.2 Å². The summed E-state index contributed by atoms with van der Waals surface area (Å²) in [6, 6.07) is 13.4. The number of methoxy groups -OCH3 is 1. The number of ether oxygens (including phenoxy) is 1. The highest BCUT2D eigenvalue weighted by Gasteiger charge is 2.56. The zero-order valence-electron chi connectivity index (χ0n) is 15.4. The van der Waals surface area contributed by atoms with Gasteiger partial charge in [-0.2, -0.15) is 0 Å². The number of benzene rings is 2. The molecule has 0 aromatic heterocycles. The van der Waals surface area contributed by atoms with Crippen molar-refractivity contribution in [2.45, 2.75) is 33.2 Å². The average Bonchev–Trinajstić information content (AvgIpc) is 3.45. The van der Waals surface area contributed by atoms with Gasteiger partial charge < -0.3 is 15.4 Å². The molecule has 2 N–H and O–H groups in total. The summed E-state index contributed by atoms with van der Waals surface area (Å²) in [4.78, 5) is 25.4. The van der Waals surface area contributed by atoms with E-state index < -0.39 is 5.41 Å². The molecule has 0 spiro atoms. The number of amides is 2. The summed E-state index contributed by atoms with van der Waals surface area (Å²) in [5.41, 5.74) is 2.73. The molecule has 0 saturated heterocycles. The van der Waals surface area contributed by atoms with Gasteiger partial charge in [-0.05, 0) is 49.9 Å². The summed E-state index contributed by atoms with van der Waals surface area (Å²) >= 11 is 0. The highest BCUT2D eigenvalue weighted by atomic mass is 16.5. The van der Waals surface area contributed by atoms with Gasteiger partial charge in [-0.25, -0.2) is 0 Å². The van der Waals surface area contributed by atoms with Gasteiger partial charge in [-0.1, -0.05) is 30.3 Å². The zero-order valence-corrected chi connectivity index (χ0v) is 15.4. The van der Waals surface area contributed by atoms with E-state index in [1.165, 1.54) is 0 Å². The van der Waals surface area contributed by atoms with Crippen LogP contribution in [0, 0.1) is 19.3 Å². The summed E-state index contributed by atoms with van der Waals surface area (Å²) in [7, 11) is 1.60. The Bertz CT molecular complexity index is 841. The van der Waals surface area contributed by atoms with Crippen LogP contribution in [0.5, 0.6) is 5.75 Å². The van der Waals surface area contributed by atoms with Crippen LogP contribution in [0.2, 0.25) is 0 Å². The monoisotopic (exact) mass is 352 g/mol. The second-order valence-corrected chi connectivity index (χ2v) is 6.85. The summed E-state index contributed by atoms with van der Waals surface area (Å²) < 4.78 is 5.30. The number of anilines is 1. The molecule has 0 unspecified atom stereocenters. The second kappa shape index (κ2) is 7.20. The molecule has 0 heterocycles. The second-order valence-electron chi connectivity index (χ2n) is 6.85. The van der Waals surface area contributed by atoms with E-state index in [9.17, 15) is 9.59 Å². The molecule has 2 aromatic rings. The van der Waals surface area contributed by atoms with Crippen LogP contribution in [-0.4, -0.2) is 18.9 Å². The van der Waals surface area contributed by atoms with Crippen LogP contribution in [0.3, 0.4) is 0 Å². The molecule has 1 aliphatic rings. The van der Waals surface area contributed by atoms with Crippen LogP contribution in [-0.2, 0) is 16.1 Å². The fourth-order valence-electron chi connectivity index (χ4n) is 2.99. The molecule has 0 radical (unpaired) electrons. The molecular weight excluding hydrogens is 328 g/mol. The highest BCUT2D eigenvalue weighted by Crippen LogP contribution is 2.47. The lowest BCUT2D eigenvalue weighted by Crippen LogP contribution is -2.39. The standard InChI is InChI=1S/C21H24N2O3/c1-14-8-9-15(2)17(12-14)23-20(25)21(10-11-21)19(24)22-13-16-6-4-5-7-18(16)26-3/h4-9,12H,10-11,13H2,1-3H3,(H,22,24)(H,23,25). The minimum atomic E-state index is -0.960. The number of carbonyl (C=O) groups excluding carboxylic acids is 2. The third kappa shape index (κ3) is 3.57. The van der Waals surface area contributed by atoms with Crippen LogP contribution in [0.25, 0.3) is 0 Å². The normalized spacial score (nSPS) is 14.4. The van der Waals surface area contributed by atoms with Crippen molar-refractivity contribution in [1.29, 1.82) is 0 Å². The first-order chi connectivity index (χ1) is 12.5. The van der Waals surface area contributed by atoms with E-state index in [4.69, 9.17) is 4.74 Å². The Morgan fingerprint density at radius 2 is 1.81 bits per heavy atom. The summed E-state index contributed by atoms with van der Waals surface area (Å²) in [6.45, 7) is 4.25. The van der Waals surface area contributed by atoms with Gasteiger partial charge in [0, 0.05) is 17.8 Å². The maximum absolute atomic E-state index is 12.7. The SMILES string of the molecule is COc1ccccc1CNC(=O)C1(C(=O)Nc2cc(C)ccc2C)CC1. The van der Waals surface area contributed by atoms with E-state index in [-0.39, 0.29) is 11.8 Å². The molecule has 1 aliphatic carbocycles. The maximum Gasteiger partial charge on any atom is 0.240 e. The van der Waals surface area contributed by atoms with Crippen LogP contribution in [0.15, 0.2) is 42.5 Å². The highest BCUT2D eigenvalue weighted by molar-refractivity contribution is 6.13. The van der Waals surface area contributed by atoms with Gasteiger partial charge in [0.1, 0.15) is 11.2 Å². The van der Waals surface area contributed by atoms with Gasteiger partial charge in [0.2, 0.25) is 11.8 Å². The van der Waals surface area contributed by atoms with Crippen LogP contribution >= 0.6 is 0 Å². The van der Waals surface area contributed by atoms with Crippen molar-refractivity contribution in [2.75, 3.05) is 12.4 Å². The number of aryl methyl sites for hydroxylation is 2. The number of rotatable bonds is 6. The molecule has 0 atom stereocenters. The molecule has 1 fully saturated rings. The minimum absolute atomic E-state index is 0.230. The molecule has 26 heavy (non-hydrogen) atoms. The number of hydrogen-bond acceptors (Lipinski definition) is 3. The maximum atomic E-state index is 12.7. The molecule has 3 rings (SSSR count). The Kier molecular flexibility index (Phi) is 4.98. The number of para-hydroxylation sites is 1. The molecule has 5 nitrogen and oxygen atoms in total. The van der Waals surface area contributed by atoms with Crippen LogP contribution < -0.4 is 15.4 Å². The van der Waals surface area contributed by atoms with E-state index in [0.717, 1.165) is 28.1 Å². The van der Waals surface area contributed by atoms with E-state index in [2.05, 4.69) is 10.6 Å². The lowest BCUT2D eigenvalue weighted by molar-refractivity contribution is -0.134. The third-order valence-corrected chi connectivity index (χ3v) is 4.89. The fraction of sp³-hybridized carbons (Fsp3) is 0.333. The summed E-state index contributed by atoms with van der Waals surface area (Å²) in [6.07, 6.45) is 1.14. The van der Waals surface area contributed by atoms with Gasteiger partial charge in [0.15, 0.2) is 0 Å². The molecule has 136 valence electrons. The Labute approximate surface area is 153 Å². The smallest absolute Gasteiger partial charge is 0.240 e. The number of nitrogens with one attached hydrogen (secondary N) is 2. The molecule has 2 aromatic carbocycles. The Morgan fingerprint density at radius 1 is 1.08 bits per heavy atom. The van der Waals surface area contributed by atoms with Gasteiger partial charge in [0.25, 0.3) is 0 Å². The van der Waals surface area contributed by atoms with Crippen molar-refractivity contribution < 1.29 is 14.3 Å². The first-order valence-corrected chi connectivity index (χ1v) is 8.75. The Balaban J connectivity index is 1.67. The van der Waals surface area contributed by atoms with Crippen molar-refractivity contribution in [1.82, 2.24) is 5.32 Å². The number of carbonyl (C=O) groups is 2. The van der Waals surface area contributed by atoms with Gasteiger partial charge in [-0.15, -0.1) is 0 Å². The molecule has 0 bridgehead atoms. The van der Waals surface area contributed by atoms with Gasteiger partial charge in [0.05, 0.1) is 7.11 Å². The lowest BCUT2D eigenvalue weighted by Gasteiger charge is -2.17. The first kappa shape index (κ1) is 18.0. The fourth-order valence-corrected chi connectivity index (χ4v) is 2.99. The third-order valence-electron chi connectivity index (χ3n) is 4.89. The molecule has 2 amide bonds. The Hall–Kier alpha value is -2.82. The minimum Gasteiger partial charge on any atom is -0.496 e. The predicted octanol–water partition coefficient (Wildman–Crippen LogP) is 3.35.